The van der Waals surface area contributed by atoms with E-state index < -0.39 is 0 Å². The lowest BCUT2D eigenvalue weighted by molar-refractivity contribution is -0.00677. The molecule has 4 rings (SSSR count). The van der Waals surface area contributed by atoms with Crippen molar-refractivity contribution in [2.24, 2.45) is 5.41 Å². The van der Waals surface area contributed by atoms with Gasteiger partial charge < -0.3 is 19.0 Å². The smallest absolute Gasteiger partial charge is 0.289 e. The van der Waals surface area contributed by atoms with E-state index in [0.717, 1.165) is 57.0 Å². The van der Waals surface area contributed by atoms with Crippen LogP contribution in [0.4, 0.5) is 0 Å². The van der Waals surface area contributed by atoms with Gasteiger partial charge >= 0.3 is 0 Å². The molecule has 0 radical (unpaired) electrons. The van der Waals surface area contributed by atoms with Crippen molar-refractivity contribution in [3.63, 3.8) is 0 Å². The average Bonchev–Trinajstić information content (AvgIpc) is 3.30. The van der Waals surface area contributed by atoms with Gasteiger partial charge in [-0.3, -0.25) is 9.69 Å². The lowest BCUT2D eigenvalue weighted by atomic mass is 9.79. The van der Waals surface area contributed by atoms with Crippen LogP contribution in [-0.2, 0) is 24.4 Å². The van der Waals surface area contributed by atoms with Crippen molar-refractivity contribution in [3.05, 3.63) is 35.8 Å². The van der Waals surface area contributed by atoms with Gasteiger partial charge in [-0.2, -0.15) is 0 Å². The fraction of sp³-hybridized carbons (Fsp3) is 0.650. The second-order valence-corrected chi connectivity index (χ2v) is 8.16. The number of rotatable bonds is 5. The summed E-state index contributed by atoms with van der Waals surface area (Å²) in [5, 5.41) is 11.4. The Morgan fingerprint density at radius 1 is 1.36 bits per heavy atom. The number of nitrogens with one attached hydrogen (secondary N) is 1. The van der Waals surface area contributed by atoms with E-state index in [1.54, 1.807) is 6.26 Å². The molecule has 8 nitrogen and oxygen atoms in total. The van der Waals surface area contributed by atoms with Gasteiger partial charge in [0.15, 0.2) is 5.82 Å². The Kier molecular flexibility index (Phi) is 5.50. The van der Waals surface area contributed by atoms with E-state index in [2.05, 4.69) is 27.3 Å². The van der Waals surface area contributed by atoms with E-state index in [-0.39, 0.29) is 17.4 Å². The second-order valence-electron chi connectivity index (χ2n) is 8.16. The molecule has 152 valence electrons. The molecule has 1 unspecified atom stereocenters. The number of carbonyl (C=O) groups is 1. The molecule has 0 bridgehead atoms. The molecule has 28 heavy (non-hydrogen) atoms. The Bertz CT molecular complexity index is 793. The third-order valence-electron chi connectivity index (χ3n) is 6.03. The number of carbonyl (C=O) groups excluding carboxylic acids is 1. The van der Waals surface area contributed by atoms with E-state index in [9.17, 15) is 4.79 Å². The molecule has 2 aromatic rings. The molecule has 0 aliphatic carbocycles. The van der Waals surface area contributed by atoms with Crippen LogP contribution in [0.15, 0.2) is 22.8 Å². The molecule has 1 saturated heterocycles. The minimum absolute atomic E-state index is 0.0126. The van der Waals surface area contributed by atoms with Crippen molar-refractivity contribution in [2.75, 3.05) is 19.7 Å². The summed E-state index contributed by atoms with van der Waals surface area (Å²) in [6.07, 6.45) is 4.63. The number of amides is 1. The van der Waals surface area contributed by atoms with E-state index >= 15 is 0 Å². The van der Waals surface area contributed by atoms with Crippen LogP contribution in [0.1, 0.15) is 55.3 Å². The number of furan rings is 1. The number of aromatic nitrogens is 3. The Morgan fingerprint density at radius 2 is 2.18 bits per heavy atom. The van der Waals surface area contributed by atoms with E-state index in [4.69, 9.17) is 9.15 Å². The highest BCUT2D eigenvalue weighted by Crippen LogP contribution is 2.36. The molecule has 1 fully saturated rings. The SMILES string of the molecule is CCC(C)NC(=O)c1nnc2n1CC1(CCN(Cc3ccco3)CC1)COC2. The first kappa shape index (κ1) is 19.1. The lowest BCUT2D eigenvalue weighted by Gasteiger charge is -2.40. The summed E-state index contributed by atoms with van der Waals surface area (Å²) in [6.45, 7) is 8.67. The van der Waals surface area contributed by atoms with Crippen LogP contribution >= 0.6 is 0 Å². The van der Waals surface area contributed by atoms with Gasteiger partial charge in [0, 0.05) is 18.0 Å². The zero-order chi connectivity index (χ0) is 19.6. The second kappa shape index (κ2) is 8.05. The largest absolute Gasteiger partial charge is 0.468 e. The summed E-state index contributed by atoms with van der Waals surface area (Å²) in [5.74, 6) is 1.99. The monoisotopic (exact) mass is 387 g/mol. The minimum atomic E-state index is -0.152. The highest BCUT2D eigenvalue weighted by Gasteiger charge is 2.39. The van der Waals surface area contributed by atoms with E-state index in [1.165, 1.54) is 0 Å². The Labute approximate surface area is 165 Å². The van der Waals surface area contributed by atoms with Crippen molar-refractivity contribution in [1.29, 1.82) is 0 Å². The predicted octanol–water partition coefficient (Wildman–Crippen LogP) is 2.21. The van der Waals surface area contributed by atoms with Crippen LogP contribution in [0.5, 0.6) is 0 Å². The van der Waals surface area contributed by atoms with E-state index in [0.29, 0.717) is 19.0 Å². The molecular weight excluding hydrogens is 358 g/mol. The maximum atomic E-state index is 12.7. The first-order chi connectivity index (χ1) is 13.6. The minimum Gasteiger partial charge on any atom is -0.468 e. The number of hydrogen-bond donors (Lipinski definition) is 1. The summed E-state index contributed by atoms with van der Waals surface area (Å²) in [4.78, 5) is 15.1. The normalized spacial score (nSPS) is 20.5. The Balaban J connectivity index is 1.46. The van der Waals surface area contributed by atoms with Crippen molar-refractivity contribution in [2.45, 2.75) is 58.8 Å². The van der Waals surface area contributed by atoms with Crippen molar-refractivity contribution < 1.29 is 13.9 Å². The van der Waals surface area contributed by atoms with Gasteiger partial charge in [0.2, 0.25) is 5.82 Å². The van der Waals surface area contributed by atoms with Crippen molar-refractivity contribution in [1.82, 2.24) is 25.0 Å². The molecule has 2 aromatic heterocycles. The number of likely N-dealkylation sites (tertiary alicyclic amines) is 1. The van der Waals surface area contributed by atoms with Crippen LogP contribution in [-0.4, -0.2) is 51.3 Å². The van der Waals surface area contributed by atoms with Gasteiger partial charge in [0.1, 0.15) is 12.4 Å². The highest BCUT2D eigenvalue weighted by molar-refractivity contribution is 5.90. The zero-order valence-corrected chi connectivity index (χ0v) is 16.7. The summed E-state index contributed by atoms with van der Waals surface area (Å²) >= 11 is 0. The third kappa shape index (κ3) is 3.98. The molecule has 1 spiro atoms. The molecule has 2 aliphatic heterocycles. The summed E-state index contributed by atoms with van der Waals surface area (Å²) < 4.78 is 13.4. The quantitative estimate of drug-likeness (QED) is 0.847. The van der Waals surface area contributed by atoms with Gasteiger partial charge in [-0.05, 0) is 51.4 Å². The molecular formula is C20H29N5O3. The van der Waals surface area contributed by atoms with Crippen LogP contribution in [0.25, 0.3) is 0 Å². The molecule has 0 saturated carbocycles. The van der Waals surface area contributed by atoms with Gasteiger partial charge in [-0.1, -0.05) is 6.92 Å². The molecule has 1 amide bonds. The predicted molar refractivity (Wildman–Crippen MR) is 103 cm³/mol. The molecule has 4 heterocycles. The average molecular weight is 387 g/mol. The summed E-state index contributed by atoms with van der Waals surface area (Å²) in [5.41, 5.74) is 0.0126. The van der Waals surface area contributed by atoms with Crippen molar-refractivity contribution in [3.8, 4) is 0 Å². The molecule has 1 N–H and O–H groups in total. The third-order valence-corrected chi connectivity index (χ3v) is 6.03. The fourth-order valence-corrected chi connectivity index (χ4v) is 4.02. The van der Waals surface area contributed by atoms with Crippen LogP contribution in [0, 0.1) is 5.41 Å². The maximum Gasteiger partial charge on any atom is 0.289 e. The van der Waals surface area contributed by atoms with Gasteiger partial charge in [-0.25, -0.2) is 0 Å². The number of nitrogens with zero attached hydrogens (tertiary/aromatic N) is 4. The van der Waals surface area contributed by atoms with Crippen molar-refractivity contribution >= 4 is 5.91 Å². The van der Waals surface area contributed by atoms with Crippen LogP contribution < -0.4 is 5.32 Å². The number of ether oxygens (including phenoxy) is 1. The van der Waals surface area contributed by atoms with Crippen LogP contribution in [0.3, 0.4) is 0 Å². The standard InChI is InChI=1S/C20H29N5O3/c1-3-15(2)21-19(26)18-23-22-17-12-27-14-20(13-25(17)18)6-8-24(9-7-20)11-16-5-4-10-28-16/h4-5,10,15H,3,6-9,11-14H2,1-2H3,(H,21,26). The lowest BCUT2D eigenvalue weighted by Crippen LogP contribution is -2.44. The number of hydrogen-bond acceptors (Lipinski definition) is 6. The molecule has 2 aliphatic rings. The topological polar surface area (TPSA) is 85.4 Å². The first-order valence-corrected chi connectivity index (χ1v) is 10.1. The Hall–Kier alpha value is -2.19. The summed E-state index contributed by atoms with van der Waals surface area (Å²) in [7, 11) is 0. The first-order valence-electron chi connectivity index (χ1n) is 10.1. The fourth-order valence-electron chi connectivity index (χ4n) is 4.02. The highest BCUT2D eigenvalue weighted by atomic mass is 16.5. The van der Waals surface area contributed by atoms with Gasteiger partial charge in [0.05, 0.1) is 19.4 Å². The maximum absolute atomic E-state index is 12.7. The molecule has 8 heteroatoms. The van der Waals surface area contributed by atoms with Gasteiger partial charge in [-0.15, -0.1) is 10.2 Å². The molecule has 1 atom stereocenters. The van der Waals surface area contributed by atoms with Crippen LogP contribution in [0.2, 0.25) is 0 Å². The summed E-state index contributed by atoms with van der Waals surface area (Å²) in [6, 6.07) is 4.06. The van der Waals surface area contributed by atoms with Gasteiger partial charge in [0.25, 0.3) is 5.91 Å². The zero-order valence-electron chi connectivity index (χ0n) is 16.7. The number of fused-ring (bicyclic) bond motifs is 1. The van der Waals surface area contributed by atoms with E-state index in [1.807, 2.05) is 23.6 Å². The Morgan fingerprint density at radius 3 is 2.89 bits per heavy atom. The number of piperidine rings is 1. The molecule has 0 aromatic carbocycles.